The van der Waals surface area contributed by atoms with E-state index in [1.807, 2.05) is 45.3 Å². The van der Waals surface area contributed by atoms with E-state index in [1.54, 1.807) is 0 Å². The van der Waals surface area contributed by atoms with Gasteiger partial charge in [0, 0.05) is 26.2 Å². The molecule has 5 nitrogen and oxygen atoms in total. The average Bonchev–Trinajstić information content (AvgIpc) is 2.41. The van der Waals surface area contributed by atoms with Crippen molar-refractivity contribution < 1.29 is 14.6 Å². The number of ether oxygens (including phenoxy) is 1. The Labute approximate surface area is 127 Å². The van der Waals surface area contributed by atoms with Crippen molar-refractivity contribution in [1.82, 2.24) is 9.80 Å². The predicted molar refractivity (Wildman–Crippen MR) is 83.9 cm³/mol. The highest BCUT2D eigenvalue weighted by molar-refractivity contribution is 5.66. The molecule has 5 heteroatoms. The SMILES string of the molecule is Cc1cccc(OCCN(CCC(=O)O)CCN(C)C)c1. The topological polar surface area (TPSA) is 53.0 Å². The number of carboxylic acids is 1. The zero-order chi connectivity index (χ0) is 15.7. The molecule has 1 N–H and O–H groups in total. The summed E-state index contributed by atoms with van der Waals surface area (Å²) in [7, 11) is 4.03. The quantitative estimate of drug-likeness (QED) is 0.712. The molecule has 0 spiro atoms. The van der Waals surface area contributed by atoms with E-state index in [0.717, 1.165) is 25.4 Å². The van der Waals surface area contributed by atoms with Gasteiger partial charge in [-0.25, -0.2) is 0 Å². The Kier molecular flexibility index (Phi) is 7.79. The molecule has 21 heavy (non-hydrogen) atoms. The average molecular weight is 294 g/mol. The lowest BCUT2D eigenvalue weighted by Crippen LogP contribution is -2.36. The first-order chi connectivity index (χ1) is 9.97. The third kappa shape index (κ3) is 8.32. The van der Waals surface area contributed by atoms with Crippen molar-refractivity contribution in [3.63, 3.8) is 0 Å². The first kappa shape index (κ1) is 17.5. The van der Waals surface area contributed by atoms with Crippen LogP contribution in [0.4, 0.5) is 0 Å². The summed E-state index contributed by atoms with van der Waals surface area (Å²) in [5.74, 6) is 0.102. The van der Waals surface area contributed by atoms with Crippen LogP contribution in [-0.2, 0) is 4.79 Å². The van der Waals surface area contributed by atoms with E-state index < -0.39 is 5.97 Å². The van der Waals surface area contributed by atoms with Crippen molar-refractivity contribution in [2.45, 2.75) is 13.3 Å². The lowest BCUT2D eigenvalue weighted by Gasteiger charge is -2.23. The van der Waals surface area contributed by atoms with E-state index in [-0.39, 0.29) is 6.42 Å². The van der Waals surface area contributed by atoms with Crippen LogP contribution in [0.5, 0.6) is 5.75 Å². The maximum Gasteiger partial charge on any atom is 0.304 e. The molecule has 0 aliphatic carbocycles. The number of hydrogen-bond acceptors (Lipinski definition) is 4. The molecule has 118 valence electrons. The monoisotopic (exact) mass is 294 g/mol. The molecule has 0 unspecified atom stereocenters. The standard InChI is InChI=1S/C16H26N2O3/c1-14-5-4-6-15(13-14)21-12-11-18(8-7-16(19)20)10-9-17(2)3/h4-6,13H,7-12H2,1-3H3,(H,19,20). The zero-order valence-corrected chi connectivity index (χ0v) is 13.2. The number of likely N-dealkylation sites (N-methyl/N-ethyl adjacent to an activating group) is 1. The first-order valence-electron chi connectivity index (χ1n) is 7.25. The molecule has 0 aromatic heterocycles. The van der Waals surface area contributed by atoms with Gasteiger partial charge >= 0.3 is 5.97 Å². The number of carbonyl (C=O) groups is 1. The molecule has 0 fully saturated rings. The molecule has 0 saturated heterocycles. The summed E-state index contributed by atoms with van der Waals surface area (Å²) in [6.07, 6.45) is 0.165. The number of nitrogens with zero attached hydrogens (tertiary/aromatic N) is 2. The minimum absolute atomic E-state index is 0.165. The molecule has 0 radical (unpaired) electrons. The summed E-state index contributed by atoms with van der Waals surface area (Å²) in [4.78, 5) is 14.9. The normalized spacial score (nSPS) is 11.1. The molecular formula is C16H26N2O3. The lowest BCUT2D eigenvalue weighted by atomic mass is 10.2. The van der Waals surface area contributed by atoms with Crippen molar-refractivity contribution >= 4 is 5.97 Å². The van der Waals surface area contributed by atoms with Gasteiger partial charge in [0.15, 0.2) is 0 Å². The molecule has 0 heterocycles. The molecule has 1 aromatic carbocycles. The molecule has 1 aromatic rings. The highest BCUT2D eigenvalue weighted by Crippen LogP contribution is 2.12. The third-order valence-corrected chi connectivity index (χ3v) is 3.17. The Morgan fingerprint density at radius 3 is 2.57 bits per heavy atom. The predicted octanol–water partition coefficient (Wildman–Crippen LogP) is 1.71. The molecule has 0 amide bonds. The van der Waals surface area contributed by atoms with Gasteiger partial charge in [0.2, 0.25) is 0 Å². The van der Waals surface area contributed by atoms with Crippen LogP contribution in [0.3, 0.4) is 0 Å². The van der Waals surface area contributed by atoms with Gasteiger partial charge in [-0.05, 0) is 38.7 Å². The maximum atomic E-state index is 10.7. The lowest BCUT2D eigenvalue weighted by molar-refractivity contribution is -0.137. The second kappa shape index (κ2) is 9.37. The van der Waals surface area contributed by atoms with E-state index in [2.05, 4.69) is 9.80 Å². The van der Waals surface area contributed by atoms with Gasteiger partial charge in [0.25, 0.3) is 0 Å². The van der Waals surface area contributed by atoms with Gasteiger partial charge < -0.3 is 14.7 Å². The van der Waals surface area contributed by atoms with Crippen LogP contribution < -0.4 is 4.74 Å². The van der Waals surface area contributed by atoms with Gasteiger partial charge in [-0.3, -0.25) is 9.69 Å². The highest BCUT2D eigenvalue weighted by Gasteiger charge is 2.08. The van der Waals surface area contributed by atoms with Gasteiger partial charge in [0.05, 0.1) is 6.42 Å². The summed E-state index contributed by atoms with van der Waals surface area (Å²) >= 11 is 0. The summed E-state index contributed by atoms with van der Waals surface area (Å²) in [6, 6.07) is 7.94. The van der Waals surface area contributed by atoms with E-state index in [0.29, 0.717) is 13.2 Å². The smallest absolute Gasteiger partial charge is 0.304 e. The van der Waals surface area contributed by atoms with Crippen molar-refractivity contribution in [3.8, 4) is 5.75 Å². The van der Waals surface area contributed by atoms with Crippen molar-refractivity contribution in [2.24, 2.45) is 0 Å². The highest BCUT2D eigenvalue weighted by atomic mass is 16.5. The number of aliphatic carboxylic acids is 1. The van der Waals surface area contributed by atoms with Gasteiger partial charge in [-0.2, -0.15) is 0 Å². The Hall–Kier alpha value is -1.59. The van der Waals surface area contributed by atoms with E-state index in [1.165, 1.54) is 5.56 Å². The van der Waals surface area contributed by atoms with Crippen molar-refractivity contribution in [1.29, 1.82) is 0 Å². The summed E-state index contributed by atoms with van der Waals surface area (Å²) in [5, 5.41) is 8.81. The maximum absolute atomic E-state index is 10.7. The number of benzene rings is 1. The molecule has 0 aliphatic heterocycles. The van der Waals surface area contributed by atoms with Crippen LogP contribution in [0.15, 0.2) is 24.3 Å². The fourth-order valence-electron chi connectivity index (χ4n) is 1.93. The van der Waals surface area contributed by atoms with Crippen LogP contribution in [0.25, 0.3) is 0 Å². The number of carboxylic acid groups (broad SMARTS) is 1. The molecule has 0 saturated carbocycles. The molecule has 0 atom stereocenters. The summed E-state index contributed by atoms with van der Waals surface area (Å²) in [5.41, 5.74) is 1.17. The van der Waals surface area contributed by atoms with Gasteiger partial charge in [0.1, 0.15) is 12.4 Å². The second-order valence-electron chi connectivity index (χ2n) is 5.45. The van der Waals surface area contributed by atoms with Crippen LogP contribution in [-0.4, -0.2) is 67.8 Å². The number of rotatable bonds is 10. The Balaban J connectivity index is 2.38. The fourth-order valence-corrected chi connectivity index (χ4v) is 1.93. The molecular weight excluding hydrogens is 268 g/mol. The number of hydrogen-bond donors (Lipinski definition) is 1. The van der Waals surface area contributed by atoms with Crippen LogP contribution in [0, 0.1) is 6.92 Å². The van der Waals surface area contributed by atoms with Gasteiger partial charge in [-0.15, -0.1) is 0 Å². The van der Waals surface area contributed by atoms with E-state index >= 15 is 0 Å². The Bertz CT molecular complexity index is 435. The van der Waals surface area contributed by atoms with E-state index in [9.17, 15) is 4.79 Å². The third-order valence-electron chi connectivity index (χ3n) is 3.17. The summed E-state index contributed by atoms with van der Waals surface area (Å²) in [6.45, 7) is 5.64. The van der Waals surface area contributed by atoms with Crippen molar-refractivity contribution in [3.05, 3.63) is 29.8 Å². The molecule has 0 bridgehead atoms. The Morgan fingerprint density at radius 1 is 1.19 bits per heavy atom. The fraction of sp³-hybridized carbons (Fsp3) is 0.562. The molecule has 1 rings (SSSR count). The first-order valence-corrected chi connectivity index (χ1v) is 7.25. The second-order valence-corrected chi connectivity index (χ2v) is 5.45. The minimum atomic E-state index is -0.760. The largest absolute Gasteiger partial charge is 0.492 e. The minimum Gasteiger partial charge on any atom is -0.492 e. The van der Waals surface area contributed by atoms with E-state index in [4.69, 9.17) is 9.84 Å². The Morgan fingerprint density at radius 2 is 1.95 bits per heavy atom. The number of aryl methyl sites for hydroxylation is 1. The van der Waals surface area contributed by atoms with Gasteiger partial charge in [-0.1, -0.05) is 12.1 Å². The summed E-state index contributed by atoms with van der Waals surface area (Å²) < 4.78 is 5.73. The van der Waals surface area contributed by atoms with Crippen LogP contribution in [0.2, 0.25) is 0 Å². The molecule has 0 aliphatic rings. The van der Waals surface area contributed by atoms with Crippen molar-refractivity contribution in [2.75, 3.05) is 46.9 Å². The zero-order valence-electron chi connectivity index (χ0n) is 13.2. The van der Waals surface area contributed by atoms with Crippen LogP contribution in [0.1, 0.15) is 12.0 Å². The van der Waals surface area contributed by atoms with Crippen LogP contribution >= 0.6 is 0 Å².